The Hall–Kier alpha value is -1.70. The van der Waals surface area contributed by atoms with Crippen LogP contribution in [0.2, 0.25) is 0 Å². The second kappa shape index (κ2) is 7.68. The third kappa shape index (κ3) is 3.78. The van der Waals surface area contributed by atoms with Crippen LogP contribution < -0.4 is 10.2 Å². The van der Waals surface area contributed by atoms with Gasteiger partial charge in [-0.25, -0.2) is 4.79 Å². The zero-order valence-corrected chi connectivity index (χ0v) is 16.3. The van der Waals surface area contributed by atoms with Crippen LogP contribution in [0.5, 0.6) is 0 Å². The summed E-state index contributed by atoms with van der Waals surface area (Å²) in [5.41, 5.74) is 1.60. The van der Waals surface area contributed by atoms with E-state index in [1.165, 1.54) is 32.5 Å². The molecule has 7 heteroatoms. The molecule has 0 saturated heterocycles. The molecule has 0 aliphatic carbocycles. The van der Waals surface area contributed by atoms with Crippen LogP contribution in [0.15, 0.2) is 17.5 Å². The van der Waals surface area contributed by atoms with Gasteiger partial charge in [0.15, 0.2) is 0 Å². The molecule has 2 aromatic rings. The number of amides is 1. The molecule has 25 heavy (non-hydrogen) atoms. The Morgan fingerprint density at radius 3 is 2.84 bits per heavy atom. The van der Waals surface area contributed by atoms with Crippen molar-refractivity contribution in [2.24, 2.45) is 0 Å². The van der Waals surface area contributed by atoms with Crippen molar-refractivity contribution in [3.8, 4) is 0 Å². The Morgan fingerprint density at radius 2 is 2.20 bits per heavy atom. The van der Waals surface area contributed by atoms with E-state index in [9.17, 15) is 9.59 Å². The summed E-state index contributed by atoms with van der Waals surface area (Å²) >= 11 is 2.90. The predicted molar refractivity (Wildman–Crippen MR) is 101 cm³/mol. The first kappa shape index (κ1) is 18.1. The number of fused-ring (bicyclic) bond motifs is 1. The first-order valence-corrected chi connectivity index (χ1v) is 10.2. The largest absolute Gasteiger partial charge is 0.462 e. The summed E-state index contributed by atoms with van der Waals surface area (Å²) in [7, 11) is 0. The molecule has 1 amide bonds. The summed E-state index contributed by atoms with van der Waals surface area (Å²) in [5.74, 6) is -0.512. The number of esters is 1. The number of carbonyl (C=O) groups excluding carboxylic acids is 2. The van der Waals surface area contributed by atoms with Crippen molar-refractivity contribution in [3.63, 3.8) is 0 Å². The SMILES string of the molecule is CCOC(=O)c1c(NC(=O)c2cccs2)sc2c1CC[NH+](C(C)C)C2. The van der Waals surface area contributed by atoms with E-state index < -0.39 is 0 Å². The lowest BCUT2D eigenvalue weighted by Crippen LogP contribution is -3.14. The summed E-state index contributed by atoms with van der Waals surface area (Å²) in [4.78, 5) is 28.3. The van der Waals surface area contributed by atoms with E-state index in [0.717, 1.165) is 25.1 Å². The van der Waals surface area contributed by atoms with E-state index in [2.05, 4.69) is 19.2 Å². The molecule has 1 unspecified atom stereocenters. The van der Waals surface area contributed by atoms with E-state index in [4.69, 9.17) is 4.74 Å². The quantitative estimate of drug-likeness (QED) is 0.785. The Balaban J connectivity index is 1.93. The smallest absolute Gasteiger partial charge is 0.341 e. The number of ether oxygens (including phenoxy) is 1. The van der Waals surface area contributed by atoms with Crippen LogP contribution in [0, 0.1) is 0 Å². The maximum absolute atomic E-state index is 12.5. The molecular weight excluding hydrogens is 356 g/mol. The third-order valence-electron chi connectivity index (χ3n) is 4.44. The van der Waals surface area contributed by atoms with Crippen molar-refractivity contribution < 1.29 is 19.2 Å². The number of hydrogen-bond donors (Lipinski definition) is 2. The first-order chi connectivity index (χ1) is 12.0. The molecule has 0 fully saturated rings. The fraction of sp³-hybridized carbons (Fsp3) is 0.444. The van der Waals surface area contributed by atoms with E-state index in [-0.39, 0.29) is 11.9 Å². The summed E-state index contributed by atoms with van der Waals surface area (Å²) in [5, 5.41) is 5.42. The van der Waals surface area contributed by atoms with Gasteiger partial charge in [0.2, 0.25) is 0 Å². The minimum atomic E-state index is -0.338. The zero-order valence-electron chi connectivity index (χ0n) is 14.7. The van der Waals surface area contributed by atoms with Crippen molar-refractivity contribution in [2.45, 2.75) is 39.8 Å². The standard InChI is InChI=1S/C18H22N2O3S2/c1-4-23-18(22)15-12-7-8-20(11(2)3)10-14(12)25-17(15)19-16(21)13-6-5-9-24-13/h5-6,9,11H,4,7-8,10H2,1-3H3,(H,19,21)/p+1. The first-order valence-electron chi connectivity index (χ1n) is 8.52. The third-order valence-corrected chi connectivity index (χ3v) is 6.46. The van der Waals surface area contributed by atoms with Gasteiger partial charge in [-0.15, -0.1) is 22.7 Å². The number of hydrogen-bond acceptors (Lipinski definition) is 5. The minimum absolute atomic E-state index is 0.174. The summed E-state index contributed by atoms with van der Waals surface area (Å²) < 4.78 is 5.25. The maximum atomic E-state index is 12.5. The lowest BCUT2D eigenvalue weighted by Gasteiger charge is -2.27. The van der Waals surface area contributed by atoms with Gasteiger partial charge in [-0.05, 0) is 37.8 Å². The van der Waals surface area contributed by atoms with E-state index in [1.54, 1.807) is 13.0 Å². The Morgan fingerprint density at radius 1 is 1.40 bits per heavy atom. The summed E-state index contributed by atoms with van der Waals surface area (Å²) in [6, 6.07) is 4.16. The van der Waals surface area contributed by atoms with Gasteiger partial charge in [0.05, 0.1) is 34.5 Å². The number of nitrogens with one attached hydrogen (secondary N) is 2. The molecule has 2 N–H and O–H groups in total. The van der Waals surface area contributed by atoms with Gasteiger partial charge < -0.3 is 15.0 Å². The molecule has 0 spiro atoms. The van der Waals surface area contributed by atoms with Crippen molar-refractivity contribution in [3.05, 3.63) is 38.4 Å². The number of anilines is 1. The van der Waals surface area contributed by atoms with Gasteiger partial charge in [-0.3, -0.25) is 4.79 Å². The lowest BCUT2D eigenvalue weighted by atomic mass is 10.0. The van der Waals surface area contributed by atoms with Crippen LogP contribution in [0.25, 0.3) is 0 Å². The lowest BCUT2D eigenvalue weighted by molar-refractivity contribution is -0.936. The molecular formula is C18H23N2O3S2+. The Labute approximate surface area is 155 Å². The van der Waals surface area contributed by atoms with Crippen LogP contribution in [0.4, 0.5) is 5.00 Å². The fourth-order valence-electron chi connectivity index (χ4n) is 3.07. The van der Waals surface area contributed by atoms with E-state index in [1.807, 2.05) is 11.4 Å². The van der Waals surface area contributed by atoms with Crippen molar-refractivity contribution in [1.82, 2.24) is 0 Å². The average Bonchev–Trinajstić information content (AvgIpc) is 3.21. The molecule has 5 nitrogen and oxygen atoms in total. The Bertz CT molecular complexity index is 766. The zero-order chi connectivity index (χ0) is 18.0. The molecule has 1 aliphatic heterocycles. The molecule has 0 saturated carbocycles. The number of rotatable bonds is 5. The average molecular weight is 380 g/mol. The highest BCUT2D eigenvalue weighted by molar-refractivity contribution is 7.17. The van der Waals surface area contributed by atoms with Gasteiger partial charge in [0, 0.05) is 6.42 Å². The molecule has 0 aromatic carbocycles. The van der Waals surface area contributed by atoms with Crippen LogP contribution >= 0.6 is 22.7 Å². The number of quaternary nitrogens is 1. The van der Waals surface area contributed by atoms with Crippen molar-refractivity contribution in [2.75, 3.05) is 18.5 Å². The topological polar surface area (TPSA) is 59.8 Å². The molecule has 134 valence electrons. The number of thiophene rings is 2. The molecule has 1 aliphatic rings. The molecule has 0 radical (unpaired) electrons. The normalized spacial score (nSPS) is 16.6. The second-order valence-electron chi connectivity index (χ2n) is 6.35. The molecule has 3 rings (SSSR count). The van der Waals surface area contributed by atoms with Crippen LogP contribution in [0.1, 0.15) is 51.2 Å². The highest BCUT2D eigenvalue weighted by Gasteiger charge is 2.32. The van der Waals surface area contributed by atoms with E-state index >= 15 is 0 Å². The summed E-state index contributed by atoms with van der Waals surface area (Å²) in [6.07, 6.45) is 0.836. The highest BCUT2D eigenvalue weighted by atomic mass is 32.1. The van der Waals surface area contributed by atoms with Crippen LogP contribution in [-0.4, -0.2) is 31.1 Å². The Kier molecular flexibility index (Phi) is 5.56. The number of carbonyl (C=O) groups is 2. The van der Waals surface area contributed by atoms with E-state index in [0.29, 0.717) is 28.1 Å². The summed E-state index contributed by atoms with van der Waals surface area (Å²) in [6.45, 7) is 8.42. The fourth-order valence-corrected chi connectivity index (χ4v) is 4.97. The van der Waals surface area contributed by atoms with Crippen LogP contribution in [0.3, 0.4) is 0 Å². The second-order valence-corrected chi connectivity index (χ2v) is 8.40. The molecule has 1 atom stereocenters. The maximum Gasteiger partial charge on any atom is 0.341 e. The van der Waals surface area contributed by atoms with Gasteiger partial charge >= 0.3 is 5.97 Å². The minimum Gasteiger partial charge on any atom is -0.462 e. The van der Waals surface area contributed by atoms with Gasteiger partial charge in [0.1, 0.15) is 11.5 Å². The monoisotopic (exact) mass is 379 g/mol. The van der Waals surface area contributed by atoms with Gasteiger partial charge in [-0.1, -0.05) is 6.07 Å². The van der Waals surface area contributed by atoms with Crippen molar-refractivity contribution in [1.29, 1.82) is 0 Å². The molecule has 0 bridgehead atoms. The van der Waals surface area contributed by atoms with Gasteiger partial charge in [0.25, 0.3) is 5.91 Å². The van der Waals surface area contributed by atoms with Gasteiger partial charge in [-0.2, -0.15) is 0 Å². The van der Waals surface area contributed by atoms with Crippen molar-refractivity contribution >= 4 is 39.6 Å². The highest BCUT2D eigenvalue weighted by Crippen LogP contribution is 2.35. The predicted octanol–water partition coefficient (Wildman–Crippen LogP) is 2.59. The molecule has 2 aromatic heterocycles. The van der Waals surface area contributed by atoms with Crippen LogP contribution in [-0.2, 0) is 17.7 Å². The molecule has 3 heterocycles.